The van der Waals surface area contributed by atoms with E-state index in [1.165, 1.54) is 21.1 Å². The first-order chi connectivity index (χ1) is 15.7. The van der Waals surface area contributed by atoms with Gasteiger partial charge in [0.2, 0.25) is 15.9 Å². The number of sulfonamides is 1. The Balaban J connectivity index is 1.33. The molecule has 0 unspecified atom stereocenters. The smallest absolute Gasteiger partial charge is 0.265 e. The summed E-state index contributed by atoms with van der Waals surface area (Å²) in [7, 11) is -2.17. The van der Waals surface area contributed by atoms with Gasteiger partial charge in [-0.25, -0.2) is 8.42 Å². The highest BCUT2D eigenvalue weighted by Gasteiger charge is 2.35. The maximum absolute atomic E-state index is 13.1. The van der Waals surface area contributed by atoms with Crippen LogP contribution < -0.4 is 10.6 Å². The van der Waals surface area contributed by atoms with Gasteiger partial charge in [0.25, 0.3) is 5.91 Å². The minimum absolute atomic E-state index is 0.0423. The van der Waals surface area contributed by atoms with Crippen LogP contribution in [0, 0.1) is 5.92 Å². The van der Waals surface area contributed by atoms with Crippen molar-refractivity contribution in [1.29, 1.82) is 0 Å². The van der Waals surface area contributed by atoms with E-state index in [2.05, 4.69) is 4.90 Å². The predicted molar refractivity (Wildman–Crippen MR) is 126 cm³/mol. The zero-order valence-corrected chi connectivity index (χ0v) is 20.1. The molecule has 178 valence electrons. The number of primary amides is 1. The Morgan fingerprint density at radius 1 is 1.03 bits per heavy atom. The van der Waals surface area contributed by atoms with Crippen LogP contribution in [0.1, 0.15) is 23.3 Å². The number of hydrogen-bond donors (Lipinski definition) is 1. The molecule has 0 bridgehead atoms. The normalized spacial score (nSPS) is 18.5. The van der Waals surface area contributed by atoms with E-state index in [-0.39, 0.29) is 35.5 Å². The monoisotopic (exact) mass is 493 g/mol. The number of benzene rings is 1. The average molecular weight is 494 g/mol. The van der Waals surface area contributed by atoms with Crippen LogP contribution in [-0.4, -0.2) is 73.3 Å². The van der Waals surface area contributed by atoms with Crippen LogP contribution >= 0.6 is 11.6 Å². The first-order valence-corrected chi connectivity index (χ1v) is 12.7. The van der Waals surface area contributed by atoms with Crippen LogP contribution in [0.2, 0.25) is 5.02 Å². The van der Waals surface area contributed by atoms with Crippen LogP contribution in [-0.2, 0) is 21.9 Å². The number of rotatable bonds is 5. The second kappa shape index (κ2) is 9.36. The van der Waals surface area contributed by atoms with E-state index < -0.39 is 15.9 Å². The summed E-state index contributed by atoms with van der Waals surface area (Å²) in [5.41, 5.74) is 6.49. The summed E-state index contributed by atoms with van der Waals surface area (Å²) in [6, 6.07) is 8.99. The van der Waals surface area contributed by atoms with E-state index in [9.17, 15) is 18.0 Å². The van der Waals surface area contributed by atoms with Gasteiger partial charge in [-0.15, -0.1) is 0 Å². The third-order valence-corrected chi connectivity index (χ3v) is 8.54. The van der Waals surface area contributed by atoms with Gasteiger partial charge >= 0.3 is 0 Å². The van der Waals surface area contributed by atoms with Crippen molar-refractivity contribution in [2.24, 2.45) is 18.7 Å². The maximum atomic E-state index is 13.1. The van der Waals surface area contributed by atoms with Crippen molar-refractivity contribution < 1.29 is 18.0 Å². The quantitative estimate of drug-likeness (QED) is 0.679. The van der Waals surface area contributed by atoms with Crippen LogP contribution in [0.4, 0.5) is 5.69 Å². The Morgan fingerprint density at radius 2 is 1.70 bits per heavy atom. The molecule has 2 fully saturated rings. The molecule has 3 heterocycles. The number of piperidine rings is 1. The Kier molecular flexibility index (Phi) is 6.69. The largest absolute Gasteiger partial charge is 0.368 e. The molecule has 33 heavy (non-hydrogen) atoms. The van der Waals surface area contributed by atoms with E-state index in [0.717, 1.165) is 18.8 Å². The molecular weight excluding hydrogens is 466 g/mol. The number of amides is 2. The maximum Gasteiger partial charge on any atom is 0.265 e. The van der Waals surface area contributed by atoms with Crippen LogP contribution in [0.15, 0.2) is 41.4 Å². The van der Waals surface area contributed by atoms with Crippen molar-refractivity contribution in [3.8, 4) is 0 Å². The Labute approximate surface area is 198 Å². The Bertz CT molecular complexity index is 1150. The van der Waals surface area contributed by atoms with Gasteiger partial charge in [-0.1, -0.05) is 17.7 Å². The average Bonchev–Trinajstić information content (AvgIpc) is 3.22. The van der Waals surface area contributed by atoms with Gasteiger partial charge < -0.3 is 20.1 Å². The molecule has 1 aromatic heterocycles. The second-order valence-corrected chi connectivity index (χ2v) is 10.9. The van der Waals surface area contributed by atoms with Crippen LogP contribution in [0.3, 0.4) is 0 Å². The SMILES string of the molecule is Cn1cc(S(=O)(=O)N2CCC(C(=O)N3CCN(c4cccc(Cl)c4)CC3)CC2)cc1C(N)=O. The molecule has 4 rings (SSSR count). The number of nitrogens with zero attached hydrogens (tertiary/aromatic N) is 4. The summed E-state index contributed by atoms with van der Waals surface area (Å²) < 4.78 is 28.8. The molecule has 2 saturated heterocycles. The van der Waals surface area contributed by atoms with Crippen LogP contribution in [0.5, 0.6) is 0 Å². The fraction of sp³-hybridized carbons (Fsp3) is 0.455. The molecule has 2 aliphatic heterocycles. The third kappa shape index (κ3) is 4.87. The van der Waals surface area contributed by atoms with E-state index in [0.29, 0.717) is 31.0 Å². The predicted octanol–water partition coefficient (Wildman–Crippen LogP) is 1.53. The number of aryl methyl sites for hydroxylation is 1. The summed E-state index contributed by atoms with van der Waals surface area (Å²) in [5.74, 6) is -0.779. The molecule has 2 aromatic rings. The number of anilines is 1. The summed E-state index contributed by atoms with van der Waals surface area (Å²) in [4.78, 5) is 28.7. The van der Waals surface area contributed by atoms with Gasteiger partial charge in [0.15, 0.2) is 0 Å². The number of aromatic nitrogens is 1. The van der Waals surface area contributed by atoms with E-state index >= 15 is 0 Å². The summed E-state index contributed by atoms with van der Waals surface area (Å²) >= 11 is 6.09. The van der Waals surface area contributed by atoms with Gasteiger partial charge in [0.1, 0.15) is 10.6 Å². The molecule has 2 amide bonds. The highest BCUT2D eigenvalue weighted by molar-refractivity contribution is 7.89. The lowest BCUT2D eigenvalue weighted by molar-refractivity contribution is -0.137. The van der Waals surface area contributed by atoms with Crippen molar-refractivity contribution in [1.82, 2.24) is 13.8 Å². The molecule has 0 atom stereocenters. The first-order valence-electron chi connectivity index (χ1n) is 10.9. The van der Waals surface area contributed by atoms with Gasteiger partial charge in [-0.3, -0.25) is 9.59 Å². The summed E-state index contributed by atoms with van der Waals surface area (Å²) in [5, 5.41) is 0.689. The van der Waals surface area contributed by atoms with Gasteiger partial charge in [-0.2, -0.15) is 4.31 Å². The molecule has 2 aliphatic rings. The number of carbonyl (C=O) groups excluding carboxylic acids is 2. The fourth-order valence-electron chi connectivity index (χ4n) is 4.53. The zero-order chi connectivity index (χ0) is 23.8. The molecule has 1 aromatic carbocycles. The highest BCUT2D eigenvalue weighted by atomic mass is 35.5. The lowest BCUT2D eigenvalue weighted by Crippen LogP contribution is -2.52. The topological polar surface area (TPSA) is 109 Å². The van der Waals surface area contributed by atoms with E-state index in [1.54, 1.807) is 7.05 Å². The van der Waals surface area contributed by atoms with E-state index in [4.69, 9.17) is 17.3 Å². The molecule has 0 aliphatic carbocycles. The number of halogens is 1. The molecule has 0 saturated carbocycles. The first kappa shape index (κ1) is 23.6. The summed E-state index contributed by atoms with van der Waals surface area (Å²) in [6.07, 6.45) is 2.34. The van der Waals surface area contributed by atoms with Crippen LogP contribution in [0.25, 0.3) is 0 Å². The number of piperazine rings is 1. The fourth-order valence-corrected chi connectivity index (χ4v) is 6.25. The Hall–Kier alpha value is -2.56. The number of hydrogen-bond acceptors (Lipinski definition) is 5. The van der Waals surface area contributed by atoms with Gasteiger partial charge in [-0.05, 0) is 37.1 Å². The number of nitrogens with two attached hydrogens (primary N) is 1. The van der Waals surface area contributed by atoms with E-state index in [1.807, 2.05) is 29.2 Å². The van der Waals surface area contributed by atoms with Crippen molar-refractivity contribution in [3.63, 3.8) is 0 Å². The molecule has 2 N–H and O–H groups in total. The van der Waals surface area contributed by atoms with Crippen molar-refractivity contribution in [2.75, 3.05) is 44.2 Å². The van der Waals surface area contributed by atoms with Crippen molar-refractivity contribution in [2.45, 2.75) is 17.7 Å². The van der Waals surface area contributed by atoms with Crippen molar-refractivity contribution >= 4 is 39.1 Å². The standard InChI is InChI=1S/C22H28ClN5O4S/c1-25-15-19(14-20(25)21(24)29)33(31,32)28-7-5-16(6-8-28)22(30)27-11-9-26(10-12-27)18-4-2-3-17(23)13-18/h2-4,13-16H,5-12H2,1H3,(H2,24,29). The zero-order valence-electron chi connectivity index (χ0n) is 18.5. The highest BCUT2D eigenvalue weighted by Crippen LogP contribution is 2.27. The van der Waals surface area contributed by atoms with Gasteiger partial charge in [0.05, 0.1) is 0 Å². The number of carbonyl (C=O) groups is 2. The minimum Gasteiger partial charge on any atom is -0.368 e. The molecular formula is C22H28ClN5O4S. The lowest BCUT2D eigenvalue weighted by atomic mass is 9.96. The summed E-state index contributed by atoms with van der Waals surface area (Å²) in [6.45, 7) is 3.25. The molecule has 0 radical (unpaired) electrons. The minimum atomic E-state index is -3.75. The third-order valence-electron chi connectivity index (χ3n) is 6.44. The lowest BCUT2D eigenvalue weighted by Gasteiger charge is -2.39. The molecule has 11 heteroatoms. The second-order valence-electron chi connectivity index (χ2n) is 8.51. The van der Waals surface area contributed by atoms with Crippen molar-refractivity contribution in [3.05, 3.63) is 47.2 Å². The molecule has 0 spiro atoms. The van der Waals surface area contributed by atoms with Gasteiger partial charge in [0, 0.05) is 69.1 Å². The Morgan fingerprint density at radius 3 is 2.27 bits per heavy atom. The molecule has 9 nitrogen and oxygen atoms in total.